The minimum atomic E-state index is -1.29. The molecule has 30 heavy (non-hydrogen) atoms. The van der Waals surface area contributed by atoms with Crippen LogP contribution in [-0.2, 0) is 11.2 Å². The molecular formula is C25H32O4S. The van der Waals surface area contributed by atoms with E-state index in [2.05, 4.69) is 6.92 Å². The normalized spacial score (nSPS) is 13.6. The standard InChI is InChI=1S/C25H32O4S/c1-15(18(4)22(26)20-8-10-21(30-7)11-9-20)12-19-13-16(2)23(17(3)14-19)29-25(5,6)24(27)28/h8-11,13-15,18H,12H2,1-7H3,(H,27,28). The summed E-state index contributed by atoms with van der Waals surface area (Å²) in [5.41, 5.74) is 2.38. The van der Waals surface area contributed by atoms with Crippen LogP contribution in [0.4, 0.5) is 0 Å². The van der Waals surface area contributed by atoms with Gasteiger partial charge in [0.2, 0.25) is 0 Å². The molecule has 0 amide bonds. The molecule has 0 spiro atoms. The van der Waals surface area contributed by atoms with Gasteiger partial charge in [0.25, 0.3) is 0 Å². The lowest BCUT2D eigenvalue weighted by atomic mass is 9.84. The van der Waals surface area contributed by atoms with Gasteiger partial charge in [-0.25, -0.2) is 4.79 Å². The van der Waals surface area contributed by atoms with Gasteiger partial charge in [-0.2, -0.15) is 0 Å². The van der Waals surface area contributed by atoms with Crippen LogP contribution in [0, 0.1) is 25.7 Å². The van der Waals surface area contributed by atoms with Crippen LogP contribution in [0.3, 0.4) is 0 Å². The molecule has 0 aromatic heterocycles. The van der Waals surface area contributed by atoms with E-state index in [1.54, 1.807) is 25.6 Å². The molecule has 2 atom stereocenters. The van der Waals surface area contributed by atoms with Crippen LogP contribution in [0.15, 0.2) is 41.3 Å². The number of carbonyl (C=O) groups is 2. The van der Waals surface area contributed by atoms with E-state index in [-0.39, 0.29) is 17.6 Å². The van der Waals surface area contributed by atoms with Gasteiger partial charge < -0.3 is 9.84 Å². The zero-order valence-electron chi connectivity index (χ0n) is 18.9. The third-order valence-electron chi connectivity index (χ3n) is 5.59. The molecule has 2 aromatic carbocycles. The molecule has 0 saturated carbocycles. The molecule has 0 saturated heterocycles. The van der Waals surface area contributed by atoms with Gasteiger partial charge in [0.15, 0.2) is 11.4 Å². The number of hydrogen-bond donors (Lipinski definition) is 1. The van der Waals surface area contributed by atoms with Crippen molar-refractivity contribution in [1.29, 1.82) is 0 Å². The van der Waals surface area contributed by atoms with Gasteiger partial charge in [0.05, 0.1) is 0 Å². The number of carboxylic acid groups (broad SMARTS) is 1. The summed E-state index contributed by atoms with van der Waals surface area (Å²) in [7, 11) is 0. The van der Waals surface area contributed by atoms with E-state index in [9.17, 15) is 14.7 Å². The van der Waals surface area contributed by atoms with E-state index >= 15 is 0 Å². The zero-order chi connectivity index (χ0) is 22.6. The molecule has 0 aliphatic carbocycles. The predicted molar refractivity (Wildman–Crippen MR) is 123 cm³/mol. The quantitative estimate of drug-likeness (QED) is 0.394. The van der Waals surface area contributed by atoms with Crippen molar-refractivity contribution in [3.05, 3.63) is 58.7 Å². The maximum absolute atomic E-state index is 12.9. The lowest BCUT2D eigenvalue weighted by Crippen LogP contribution is -2.38. The summed E-state index contributed by atoms with van der Waals surface area (Å²) in [4.78, 5) is 25.4. The fraction of sp³-hybridized carbons (Fsp3) is 0.440. The first-order chi connectivity index (χ1) is 14.0. The molecule has 5 heteroatoms. The van der Waals surface area contributed by atoms with Crippen molar-refractivity contribution in [2.24, 2.45) is 11.8 Å². The fourth-order valence-electron chi connectivity index (χ4n) is 3.44. The van der Waals surface area contributed by atoms with Crippen LogP contribution in [0.1, 0.15) is 54.7 Å². The Balaban J connectivity index is 2.14. The third-order valence-corrected chi connectivity index (χ3v) is 6.34. The fourth-order valence-corrected chi connectivity index (χ4v) is 3.85. The number of ether oxygens (including phenoxy) is 1. The van der Waals surface area contributed by atoms with Gasteiger partial charge in [0.1, 0.15) is 5.75 Å². The van der Waals surface area contributed by atoms with Crippen LogP contribution in [0.2, 0.25) is 0 Å². The number of carboxylic acids is 1. The number of carbonyl (C=O) groups excluding carboxylic acids is 1. The first-order valence-electron chi connectivity index (χ1n) is 10.2. The molecule has 0 aliphatic heterocycles. The third kappa shape index (κ3) is 5.66. The highest BCUT2D eigenvalue weighted by Gasteiger charge is 2.30. The molecule has 1 N–H and O–H groups in total. The summed E-state index contributed by atoms with van der Waals surface area (Å²) in [5, 5.41) is 9.34. The van der Waals surface area contributed by atoms with Crippen molar-refractivity contribution in [3.63, 3.8) is 0 Å². The number of thioether (sulfide) groups is 1. The summed E-state index contributed by atoms with van der Waals surface area (Å²) >= 11 is 1.66. The van der Waals surface area contributed by atoms with E-state index in [1.165, 1.54) is 0 Å². The number of Topliss-reactive ketones (excluding diaryl/α,β-unsaturated/α-hetero) is 1. The Bertz CT molecular complexity index is 892. The highest BCUT2D eigenvalue weighted by Crippen LogP contribution is 2.31. The van der Waals surface area contributed by atoms with Crippen LogP contribution >= 0.6 is 11.8 Å². The summed E-state index contributed by atoms with van der Waals surface area (Å²) < 4.78 is 5.79. The topological polar surface area (TPSA) is 63.6 Å². The van der Waals surface area contributed by atoms with Gasteiger partial charge >= 0.3 is 5.97 Å². The van der Waals surface area contributed by atoms with Gasteiger partial charge in [0, 0.05) is 16.4 Å². The molecule has 162 valence electrons. The van der Waals surface area contributed by atoms with Crippen molar-refractivity contribution >= 4 is 23.5 Å². The Morgan fingerprint density at radius 3 is 2.07 bits per heavy atom. The molecular weight excluding hydrogens is 396 g/mol. The second-order valence-corrected chi connectivity index (χ2v) is 9.42. The van der Waals surface area contributed by atoms with Crippen LogP contribution in [0.5, 0.6) is 5.75 Å². The van der Waals surface area contributed by atoms with Crippen LogP contribution in [0.25, 0.3) is 0 Å². The van der Waals surface area contributed by atoms with E-state index in [0.717, 1.165) is 33.6 Å². The van der Waals surface area contributed by atoms with Gasteiger partial charge in [-0.15, -0.1) is 11.8 Å². The summed E-state index contributed by atoms with van der Waals surface area (Å²) in [6, 6.07) is 11.8. The second-order valence-electron chi connectivity index (χ2n) is 8.54. The monoisotopic (exact) mass is 428 g/mol. The molecule has 0 heterocycles. The number of benzene rings is 2. The Labute approximate surface area is 184 Å². The highest BCUT2D eigenvalue weighted by atomic mass is 32.2. The largest absolute Gasteiger partial charge is 0.478 e. The number of rotatable bonds is 9. The van der Waals surface area contributed by atoms with Crippen LogP contribution in [-0.4, -0.2) is 28.7 Å². The van der Waals surface area contributed by atoms with Crippen molar-refractivity contribution < 1.29 is 19.4 Å². The highest BCUT2D eigenvalue weighted by molar-refractivity contribution is 7.98. The van der Waals surface area contributed by atoms with E-state index in [4.69, 9.17) is 4.74 Å². The van der Waals surface area contributed by atoms with Crippen molar-refractivity contribution in [3.8, 4) is 5.75 Å². The van der Waals surface area contributed by atoms with Crippen LogP contribution < -0.4 is 4.74 Å². The first kappa shape index (κ1) is 24.0. The molecule has 0 radical (unpaired) electrons. The average molecular weight is 429 g/mol. The second kappa shape index (κ2) is 9.69. The Morgan fingerprint density at radius 1 is 1.07 bits per heavy atom. The van der Waals surface area contributed by atoms with Gasteiger partial charge in [-0.05, 0) is 75.1 Å². The molecule has 4 nitrogen and oxygen atoms in total. The maximum Gasteiger partial charge on any atom is 0.347 e. The minimum absolute atomic E-state index is 0.104. The Hall–Kier alpha value is -2.27. The summed E-state index contributed by atoms with van der Waals surface area (Å²) in [5.74, 6) is -0.174. The van der Waals surface area contributed by atoms with E-state index in [0.29, 0.717) is 5.75 Å². The van der Waals surface area contributed by atoms with Crippen molar-refractivity contribution in [2.75, 3.05) is 6.26 Å². The zero-order valence-corrected chi connectivity index (χ0v) is 19.7. The molecule has 0 bridgehead atoms. The van der Waals surface area contributed by atoms with E-state index < -0.39 is 11.6 Å². The first-order valence-corrected chi connectivity index (χ1v) is 11.4. The van der Waals surface area contributed by atoms with Crippen molar-refractivity contribution in [1.82, 2.24) is 0 Å². The average Bonchev–Trinajstić information content (AvgIpc) is 2.69. The summed E-state index contributed by atoms with van der Waals surface area (Å²) in [6.45, 7) is 11.0. The summed E-state index contributed by atoms with van der Waals surface area (Å²) in [6.07, 6.45) is 2.78. The Kier molecular flexibility index (Phi) is 7.75. The number of aliphatic carboxylic acids is 1. The number of ketones is 1. The van der Waals surface area contributed by atoms with E-state index in [1.807, 2.05) is 63.4 Å². The minimum Gasteiger partial charge on any atom is -0.478 e. The molecule has 2 rings (SSSR count). The van der Waals surface area contributed by atoms with Gasteiger partial charge in [-0.1, -0.05) is 38.1 Å². The SMILES string of the molecule is CSc1ccc(C(=O)C(C)C(C)Cc2cc(C)c(OC(C)(C)C(=O)O)c(C)c2)cc1. The number of aryl methyl sites for hydroxylation is 2. The molecule has 0 aliphatic rings. The van der Waals surface area contributed by atoms with Gasteiger partial charge in [-0.3, -0.25) is 4.79 Å². The molecule has 0 fully saturated rings. The predicted octanol–water partition coefficient (Wildman–Crippen LogP) is 5.96. The Morgan fingerprint density at radius 2 is 1.60 bits per heavy atom. The maximum atomic E-state index is 12.9. The lowest BCUT2D eigenvalue weighted by Gasteiger charge is -2.25. The molecule has 2 aromatic rings. The van der Waals surface area contributed by atoms with Crippen molar-refractivity contribution in [2.45, 2.75) is 58.5 Å². The lowest BCUT2D eigenvalue weighted by molar-refractivity contribution is -0.152. The smallest absolute Gasteiger partial charge is 0.347 e. The molecule has 2 unspecified atom stereocenters. The number of hydrogen-bond acceptors (Lipinski definition) is 4.